The van der Waals surface area contributed by atoms with Gasteiger partial charge in [0.2, 0.25) is 0 Å². The number of nitriles is 1. The number of pyridine rings is 1. The Hall–Kier alpha value is -1.56. The summed E-state index contributed by atoms with van der Waals surface area (Å²) in [6.45, 7) is 0. The molecular weight excluding hydrogens is 255 g/mol. The minimum absolute atomic E-state index is 0.309. The van der Waals surface area contributed by atoms with Crippen LogP contribution < -0.4 is 0 Å². The van der Waals surface area contributed by atoms with Gasteiger partial charge in [-0.2, -0.15) is 5.26 Å². The molecule has 0 unspecified atom stereocenters. The van der Waals surface area contributed by atoms with E-state index in [1.54, 1.807) is 12.3 Å². The molecule has 0 aliphatic carbocycles. The fourth-order valence-corrected chi connectivity index (χ4v) is 1.91. The van der Waals surface area contributed by atoms with Gasteiger partial charge in [0.05, 0.1) is 28.2 Å². The Morgan fingerprint density at radius 1 is 1.18 bits per heavy atom. The zero-order valence-electron chi connectivity index (χ0n) is 8.82. The maximum absolute atomic E-state index is 8.56. The van der Waals surface area contributed by atoms with Crippen LogP contribution in [0.2, 0.25) is 10.0 Å². The molecule has 4 heteroatoms. The summed E-state index contributed by atoms with van der Waals surface area (Å²) in [7, 11) is 0. The van der Waals surface area contributed by atoms with Gasteiger partial charge in [-0.15, -0.1) is 0 Å². The zero-order chi connectivity index (χ0) is 12.3. The fraction of sp³-hybridized carbons (Fsp3) is 0.0769. The van der Waals surface area contributed by atoms with Crippen LogP contribution in [-0.2, 0) is 6.42 Å². The van der Waals surface area contributed by atoms with E-state index < -0.39 is 0 Å². The minimum atomic E-state index is 0.309. The topological polar surface area (TPSA) is 36.7 Å². The predicted octanol–water partition coefficient (Wildman–Crippen LogP) is 4.12. The highest BCUT2D eigenvalue weighted by Crippen LogP contribution is 2.32. The van der Waals surface area contributed by atoms with Crippen LogP contribution in [0, 0.1) is 11.3 Å². The van der Waals surface area contributed by atoms with Crippen molar-refractivity contribution in [2.45, 2.75) is 6.42 Å². The lowest BCUT2D eigenvalue weighted by atomic mass is 10.1. The molecule has 0 spiro atoms. The molecular formula is C13H8Cl2N2. The maximum atomic E-state index is 8.56. The van der Waals surface area contributed by atoms with E-state index >= 15 is 0 Å². The normalized spacial score (nSPS) is 9.94. The van der Waals surface area contributed by atoms with Crippen molar-refractivity contribution in [2.75, 3.05) is 0 Å². The Bertz CT molecular complexity index is 571. The summed E-state index contributed by atoms with van der Waals surface area (Å²) in [4.78, 5) is 4.19. The van der Waals surface area contributed by atoms with Gasteiger partial charge >= 0.3 is 0 Å². The fourth-order valence-electron chi connectivity index (χ4n) is 1.50. The zero-order valence-corrected chi connectivity index (χ0v) is 10.3. The third-order valence-corrected chi connectivity index (χ3v) is 3.17. The molecule has 0 bridgehead atoms. The summed E-state index contributed by atoms with van der Waals surface area (Å²) in [5.74, 6) is 0. The van der Waals surface area contributed by atoms with Gasteiger partial charge in [-0.05, 0) is 12.1 Å². The molecule has 2 aromatic rings. The summed E-state index contributed by atoms with van der Waals surface area (Å²) >= 11 is 12.1. The molecule has 0 N–H and O–H groups in total. The monoisotopic (exact) mass is 262 g/mol. The van der Waals surface area contributed by atoms with Crippen molar-refractivity contribution in [3.8, 4) is 17.2 Å². The summed E-state index contributed by atoms with van der Waals surface area (Å²) in [6.07, 6.45) is 2.01. The van der Waals surface area contributed by atoms with E-state index in [1.165, 1.54) is 0 Å². The first-order chi connectivity index (χ1) is 8.22. The lowest BCUT2D eigenvalue weighted by molar-refractivity contribution is 1.12. The third-order valence-electron chi connectivity index (χ3n) is 2.35. The number of halogens is 2. The molecule has 0 radical (unpaired) electrons. The average molecular weight is 263 g/mol. The smallest absolute Gasteiger partial charge is 0.0774 e. The second-order valence-corrected chi connectivity index (χ2v) is 4.26. The van der Waals surface area contributed by atoms with E-state index in [9.17, 15) is 0 Å². The molecule has 84 valence electrons. The van der Waals surface area contributed by atoms with Crippen molar-refractivity contribution < 1.29 is 0 Å². The molecule has 0 aliphatic rings. The molecule has 0 fully saturated rings. The largest absolute Gasteiger partial charge is 0.260 e. The average Bonchev–Trinajstić information content (AvgIpc) is 2.34. The quantitative estimate of drug-likeness (QED) is 0.817. The molecule has 2 rings (SSSR count). The molecule has 1 heterocycles. The van der Waals surface area contributed by atoms with Crippen LogP contribution >= 0.6 is 23.2 Å². The Kier molecular flexibility index (Phi) is 3.63. The van der Waals surface area contributed by atoms with E-state index in [1.807, 2.05) is 24.3 Å². The van der Waals surface area contributed by atoms with E-state index in [-0.39, 0.29) is 0 Å². The number of hydrogen-bond donors (Lipinski definition) is 0. The Morgan fingerprint density at radius 3 is 2.65 bits per heavy atom. The summed E-state index contributed by atoms with van der Waals surface area (Å²) in [6, 6.07) is 11.2. The van der Waals surface area contributed by atoms with Gasteiger partial charge in [0.15, 0.2) is 0 Å². The van der Waals surface area contributed by atoms with E-state index in [2.05, 4.69) is 11.1 Å². The molecule has 1 aromatic carbocycles. The van der Waals surface area contributed by atoms with Crippen LogP contribution in [0.15, 0.2) is 36.5 Å². The van der Waals surface area contributed by atoms with Crippen LogP contribution in [0.4, 0.5) is 0 Å². The van der Waals surface area contributed by atoms with E-state index in [0.717, 1.165) is 16.8 Å². The van der Waals surface area contributed by atoms with Crippen molar-refractivity contribution in [3.63, 3.8) is 0 Å². The Morgan fingerprint density at radius 2 is 2.00 bits per heavy atom. The second-order valence-electron chi connectivity index (χ2n) is 3.47. The van der Waals surface area contributed by atoms with Gasteiger partial charge in [-0.3, -0.25) is 4.98 Å². The van der Waals surface area contributed by atoms with Gasteiger partial charge in [-0.1, -0.05) is 41.4 Å². The molecule has 0 saturated heterocycles. The molecule has 0 saturated carbocycles. The maximum Gasteiger partial charge on any atom is 0.0774 e. The van der Waals surface area contributed by atoms with Crippen LogP contribution in [0.5, 0.6) is 0 Å². The van der Waals surface area contributed by atoms with E-state index in [0.29, 0.717) is 16.5 Å². The molecule has 17 heavy (non-hydrogen) atoms. The van der Waals surface area contributed by atoms with Crippen molar-refractivity contribution >= 4 is 23.2 Å². The van der Waals surface area contributed by atoms with Crippen molar-refractivity contribution in [2.24, 2.45) is 0 Å². The first-order valence-corrected chi connectivity index (χ1v) is 5.74. The van der Waals surface area contributed by atoms with Crippen LogP contribution in [0.3, 0.4) is 0 Å². The first-order valence-electron chi connectivity index (χ1n) is 4.98. The van der Waals surface area contributed by atoms with Crippen LogP contribution in [0.1, 0.15) is 5.69 Å². The molecule has 0 amide bonds. The van der Waals surface area contributed by atoms with Crippen molar-refractivity contribution in [1.29, 1.82) is 5.26 Å². The number of rotatable bonds is 2. The predicted molar refractivity (Wildman–Crippen MR) is 69.0 cm³/mol. The number of nitrogens with zero attached hydrogens (tertiary/aromatic N) is 2. The molecule has 2 nitrogen and oxygen atoms in total. The van der Waals surface area contributed by atoms with E-state index in [4.69, 9.17) is 28.5 Å². The van der Waals surface area contributed by atoms with Gasteiger partial charge in [0, 0.05) is 17.3 Å². The number of hydrogen-bond acceptors (Lipinski definition) is 2. The Labute approximate surface area is 109 Å². The summed E-state index contributed by atoms with van der Waals surface area (Å²) in [5.41, 5.74) is 2.48. The standard InChI is InChI=1S/C13H8Cl2N2/c14-12-3-1-2-11(13(12)15)9-4-5-10(6-7-16)17-8-9/h1-5,8H,6H2. The summed E-state index contributed by atoms with van der Waals surface area (Å²) in [5, 5.41) is 9.59. The van der Waals surface area contributed by atoms with Gasteiger partial charge in [0.1, 0.15) is 0 Å². The SMILES string of the molecule is N#CCc1ccc(-c2cccc(Cl)c2Cl)cn1. The molecule has 0 atom stereocenters. The van der Waals surface area contributed by atoms with Gasteiger partial charge < -0.3 is 0 Å². The minimum Gasteiger partial charge on any atom is -0.260 e. The molecule has 0 aliphatic heterocycles. The summed E-state index contributed by atoms with van der Waals surface area (Å²) < 4.78 is 0. The van der Waals surface area contributed by atoms with Crippen LogP contribution in [-0.4, -0.2) is 4.98 Å². The Balaban J connectivity index is 2.41. The highest BCUT2D eigenvalue weighted by Gasteiger charge is 2.06. The van der Waals surface area contributed by atoms with Crippen molar-refractivity contribution in [1.82, 2.24) is 4.98 Å². The number of benzene rings is 1. The lowest BCUT2D eigenvalue weighted by Crippen LogP contribution is -1.88. The molecule has 1 aromatic heterocycles. The lowest BCUT2D eigenvalue weighted by Gasteiger charge is -2.05. The third kappa shape index (κ3) is 2.58. The van der Waals surface area contributed by atoms with Gasteiger partial charge in [0.25, 0.3) is 0 Å². The number of aromatic nitrogens is 1. The van der Waals surface area contributed by atoms with Crippen LogP contribution in [0.25, 0.3) is 11.1 Å². The van der Waals surface area contributed by atoms with Crippen molar-refractivity contribution in [3.05, 3.63) is 52.3 Å². The second kappa shape index (κ2) is 5.18. The highest BCUT2D eigenvalue weighted by atomic mass is 35.5. The first kappa shape index (κ1) is 11.9. The highest BCUT2D eigenvalue weighted by molar-refractivity contribution is 6.43. The van der Waals surface area contributed by atoms with Gasteiger partial charge in [-0.25, -0.2) is 0 Å².